The van der Waals surface area contributed by atoms with Crippen LogP contribution in [0.25, 0.3) is 0 Å². The molecule has 0 bridgehead atoms. The molecular formula is C15H20N6O2S2. The highest BCUT2D eigenvalue weighted by molar-refractivity contribution is 7.90. The Morgan fingerprint density at radius 3 is 2.72 bits per heavy atom. The Morgan fingerprint density at radius 2 is 2.08 bits per heavy atom. The Hall–Kier alpha value is -2.25. The van der Waals surface area contributed by atoms with Crippen molar-refractivity contribution < 1.29 is 8.42 Å². The summed E-state index contributed by atoms with van der Waals surface area (Å²) in [7, 11) is -2.94. The van der Waals surface area contributed by atoms with Crippen LogP contribution in [0.3, 0.4) is 0 Å². The van der Waals surface area contributed by atoms with Crippen LogP contribution in [0.5, 0.6) is 0 Å². The van der Waals surface area contributed by atoms with Crippen LogP contribution in [0, 0.1) is 24.2 Å². The second kappa shape index (κ2) is 8.22. The van der Waals surface area contributed by atoms with Crippen molar-refractivity contribution in [2.45, 2.75) is 20.3 Å². The normalized spacial score (nSPS) is 12.4. The summed E-state index contributed by atoms with van der Waals surface area (Å²) in [6.45, 7) is 4.39. The van der Waals surface area contributed by atoms with Crippen molar-refractivity contribution in [2.24, 2.45) is 5.92 Å². The topological polar surface area (TPSA) is 121 Å². The summed E-state index contributed by atoms with van der Waals surface area (Å²) >= 11 is 1.25. The Kier molecular flexibility index (Phi) is 6.27. The van der Waals surface area contributed by atoms with Crippen LogP contribution in [-0.4, -0.2) is 41.9 Å². The number of anilines is 3. The molecule has 2 aromatic heterocycles. The molecule has 0 aliphatic carbocycles. The van der Waals surface area contributed by atoms with Crippen molar-refractivity contribution in [3.63, 3.8) is 0 Å². The third kappa shape index (κ3) is 6.64. The van der Waals surface area contributed by atoms with Crippen molar-refractivity contribution in [1.82, 2.24) is 15.0 Å². The number of hydrogen-bond donors (Lipinski definition) is 2. The van der Waals surface area contributed by atoms with Gasteiger partial charge in [-0.05, 0) is 19.3 Å². The van der Waals surface area contributed by atoms with Gasteiger partial charge >= 0.3 is 0 Å². The molecule has 10 heteroatoms. The van der Waals surface area contributed by atoms with Gasteiger partial charge in [-0.1, -0.05) is 18.3 Å². The highest BCUT2D eigenvalue weighted by Gasteiger charge is 2.10. The van der Waals surface area contributed by atoms with Crippen molar-refractivity contribution >= 4 is 37.9 Å². The van der Waals surface area contributed by atoms with Gasteiger partial charge in [0, 0.05) is 18.9 Å². The van der Waals surface area contributed by atoms with Crippen molar-refractivity contribution in [2.75, 3.05) is 29.2 Å². The quantitative estimate of drug-likeness (QED) is 0.716. The highest BCUT2D eigenvalue weighted by Crippen LogP contribution is 2.22. The molecule has 134 valence electrons. The molecule has 0 aliphatic rings. The molecule has 1 atom stereocenters. The van der Waals surface area contributed by atoms with Gasteiger partial charge < -0.3 is 10.6 Å². The SMILES string of the molecule is Cc1nc(NCC(C)CCS(C)(=O)=O)cc(Nc2ncc(C#N)s2)n1. The first-order chi connectivity index (χ1) is 11.7. The minimum absolute atomic E-state index is 0.177. The largest absolute Gasteiger partial charge is 0.370 e. The van der Waals surface area contributed by atoms with E-state index in [2.05, 4.69) is 25.6 Å². The number of hydrogen-bond acceptors (Lipinski definition) is 9. The van der Waals surface area contributed by atoms with Crippen molar-refractivity contribution in [3.05, 3.63) is 23.0 Å². The average Bonchev–Trinajstić information content (AvgIpc) is 2.97. The molecule has 0 spiro atoms. The maximum Gasteiger partial charge on any atom is 0.189 e. The summed E-state index contributed by atoms with van der Waals surface area (Å²) in [5.41, 5.74) is 0. The van der Waals surface area contributed by atoms with Crippen LogP contribution in [0.1, 0.15) is 24.0 Å². The fourth-order valence-corrected chi connectivity index (χ4v) is 3.46. The third-order valence-electron chi connectivity index (χ3n) is 3.30. The Balaban J connectivity index is 1.97. The number of nitrogens with zero attached hydrogens (tertiary/aromatic N) is 4. The van der Waals surface area contributed by atoms with Crippen LogP contribution in [0.2, 0.25) is 0 Å². The van der Waals surface area contributed by atoms with Gasteiger partial charge in [-0.2, -0.15) is 5.26 Å². The van der Waals surface area contributed by atoms with Gasteiger partial charge in [0.15, 0.2) is 5.13 Å². The molecule has 2 rings (SSSR count). The molecule has 8 nitrogen and oxygen atoms in total. The van der Waals surface area contributed by atoms with Gasteiger partial charge in [0.1, 0.15) is 38.2 Å². The van der Waals surface area contributed by atoms with E-state index in [1.165, 1.54) is 23.8 Å². The van der Waals surface area contributed by atoms with Gasteiger partial charge in [-0.3, -0.25) is 0 Å². The predicted octanol–water partition coefficient (Wildman–Crippen LogP) is 2.34. The lowest BCUT2D eigenvalue weighted by Gasteiger charge is -2.13. The van der Waals surface area contributed by atoms with Crippen LogP contribution in [0.4, 0.5) is 16.8 Å². The van der Waals surface area contributed by atoms with E-state index in [0.717, 1.165) is 0 Å². The number of sulfone groups is 1. The first-order valence-corrected chi connectivity index (χ1v) is 10.5. The molecule has 0 aliphatic heterocycles. The van der Waals surface area contributed by atoms with Crippen LogP contribution in [-0.2, 0) is 9.84 Å². The summed E-state index contributed by atoms with van der Waals surface area (Å²) in [6.07, 6.45) is 3.34. The molecule has 0 saturated heterocycles. The summed E-state index contributed by atoms with van der Waals surface area (Å²) in [5.74, 6) is 2.19. The molecule has 0 fully saturated rings. The zero-order chi connectivity index (χ0) is 18.4. The standard InChI is InChI=1S/C15H20N6O2S2/c1-10(4-5-25(3,22)23)8-17-13-6-14(20-11(2)19-13)21-15-18-9-12(7-16)24-15/h6,9-10H,4-5,8H2,1-3H3,(H2,17,18,19,20,21). The third-order valence-corrected chi connectivity index (χ3v) is 5.10. The zero-order valence-electron chi connectivity index (χ0n) is 14.3. The van der Waals surface area contributed by atoms with Gasteiger partial charge in [0.05, 0.1) is 11.9 Å². The first kappa shape index (κ1) is 19.1. The van der Waals surface area contributed by atoms with E-state index in [-0.39, 0.29) is 11.7 Å². The molecular weight excluding hydrogens is 360 g/mol. The molecule has 1 unspecified atom stereocenters. The fraction of sp³-hybridized carbons (Fsp3) is 0.467. The second-order valence-corrected chi connectivity index (χ2v) is 9.15. The van der Waals surface area contributed by atoms with Gasteiger partial charge in [-0.15, -0.1) is 0 Å². The predicted molar refractivity (Wildman–Crippen MR) is 98.9 cm³/mol. The molecule has 0 aromatic carbocycles. The summed E-state index contributed by atoms with van der Waals surface area (Å²) < 4.78 is 22.4. The molecule has 2 aromatic rings. The smallest absolute Gasteiger partial charge is 0.189 e. The fourth-order valence-electron chi connectivity index (χ4n) is 2.01. The van der Waals surface area contributed by atoms with Crippen LogP contribution >= 0.6 is 11.3 Å². The van der Waals surface area contributed by atoms with Gasteiger partial charge in [0.25, 0.3) is 0 Å². The van der Waals surface area contributed by atoms with E-state index in [1.54, 1.807) is 13.0 Å². The number of thiazole rings is 1. The molecule has 0 saturated carbocycles. The van der Waals surface area contributed by atoms with Crippen LogP contribution < -0.4 is 10.6 Å². The molecule has 25 heavy (non-hydrogen) atoms. The van der Waals surface area contributed by atoms with Crippen molar-refractivity contribution in [3.8, 4) is 6.07 Å². The Bertz CT molecular complexity index is 872. The van der Waals surface area contributed by atoms with E-state index in [1.807, 2.05) is 13.0 Å². The summed E-state index contributed by atoms with van der Waals surface area (Å²) in [4.78, 5) is 13.3. The minimum Gasteiger partial charge on any atom is -0.370 e. The van der Waals surface area contributed by atoms with E-state index in [0.29, 0.717) is 40.4 Å². The second-order valence-electron chi connectivity index (χ2n) is 5.86. The van der Waals surface area contributed by atoms with Crippen LogP contribution in [0.15, 0.2) is 12.3 Å². The van der Waals surface area contributed by atoms with E-state index >= 15 is 0 Å². The van der Waals surface area contributed by atoms with E-state index < -0.39 is 9.84 Å². The minimum atomic E-state index is -2.94. The zero-order valence-corrected chi connectivity index (χ0v) is 15.9. The van der Waals surface area contributed by atoms with Gasteiger partial charge in [0.2, 0.25) is 0 Å². The number of nitriles is 1. The monoisotopic (exact) mass is 380 g/mol. The Morgan fingerprint density at radius 1 is 1.36 bits per heavy atom. The summed E-state index contributed by atoms with van der Waals surface area (Å²) in [6, 6.07) is 3.79. The van der Waals surface area contributed by atoms with E-state index in [9.17, 15) is 8.42 Å². The van der Waals surface area contributed by atoms with E-state index in [4.69, 9.17) is 5.26 Å². The lowest BCUT2D eigenvalue weighted by atomic mass is 10.1. The molecule has 2 N–H and O–H groups in total. The number of nitrogens with one attached hydrogen (secondary N) is 2. The summed E-state index contributed by atoms with van der Waals surface area (Å²) in [5, 5.41) is 15.7. The number of aryl methyl sites for hydroxylation is 1. The van der Waals surface area contributed by atoms with Gasteiger partial charge in [-0.25, -0.2) is 23.4 Å². The molecule has 0 radical (unpaired) electrons. The number of rotatable bonds is 8. The maximum absolute atomic E-state index is 11.2. The molecule has 2 heterocycles. The molecule has 0 amide bonds. The maximum atomic E-state index is 11.2. The highest BCUT2D eigenvalue weighted by atomic mass is 32.2. The van der Waals surface area contributed by atoms with Crippen molar-refractivity contribution in [1.29, 1.82) is 5.26 Å². The average molecular weight is 380 g/mol. The number of aromatic nitrogens is 3. The first-order valence-electron chi connectivity index (χ1n) is 7.65. The lowest BCUT2D eigenvalue weighted by molar-refractivity contribution is 0.566. The lowest BCUT2D eigenvalue weighted by Crippen LogP contribution is -2.16. The Labute approximate surface area is 151 Å².